The summed E-state index contributed by atoms with van der Waals surface area (Å²) in [6.07, 6.45) is 1.02. The van der Waals surface area contributed by atoms with Gasteiger partial charge in [-0.15, -0.1) is 0 Å². The van der Waals surface area contributed by atoms with E-state index in [0.29, 0.717) is 12.7 Å². The van der Waals surface area contributed by atoms with Crippen molar-refractivity contribution < 1.29 is 14.1 Å². The fourth-order valence-electron chi connectivity index (χ4n) is 1.81. The highest BCUT2D eigenvalue weighted by atomic mass is 16.7. The van der Waals surface area contributed by atoms with Crippen LogP contribution in [0.3, 0.4) is 0 Å². The van der Waals surface area contributed by atoms with Gasteiger partial charge in [-0.1, -0.05) is 0 Å². The van der Waals surface area contributed by atoms with Gasteiger partial charge >= 0.3 is 7.12 Å². The number of rotatable bonds is 3. The average Bonchev–Trinajstić information content (AvgIpc) is 2.29. The molecule has 0 bridgehead atoms. The van der Waals surface area contributed by atoms with E-state index in [-0.39, 0.29) is 29.8 Å². The Balaban J connectivity index is 2.41. The Morgan fingerprint density at radius 3 is 1.94 bits per heavy atom. The Hall–Kier alpha value is -0.545. The molecule has 0 atom stereocenters. The Morgan fingerprint density at radius 1 is 1.11 bits per heavy atom. The van der Waals surface area contributed by atoms with Gasteiger partial charge in [0.15, 0.2) is 0 Å². The molecule has 1 saturated heterocycles. The van der Waals surface area contributed by atoms with Crippen LogP contribution in [0.25, 0.3) is 0 Å². The molecule has 18 heavy (non-hydrogen) atoms. The molecule has 104 valence electrons. The van der Waals surface area contributed by atoms with Crippen molar-refractivity contribution in [3.8, 4) is 0 Å². The Labute approximate surface area is 111 Å². The average molecular weight is 255 g/mol. The summed E-state index contributed by atoms with van der Waals surface area (Å²) < 4.78 is 11.7. The fourth-order valence-corrected chi connectivity index (χ4v) is 1.81. The summed E-state index contributed by atoms with van der Waals surface area (Å²) in [5.41, 5.74) is -0.830. The van der Waals surface area contributed by atoms with E-state index in [1.54, 1.807) is 0 Å². The molecule has 1 heterocycles. The molecule has 4 nitrogen and oxygen atoms in total. The zero-order valence-electron chi connectivity index (χ0n) is 12.7. The SMILES string of the molecule is CC(C)(C)NC(=O)CCB1OC(C)(C)C(C)(C)O1. The smallest absolute Gasteiger partial charge is 0.403 e. The first-order chi connectivity index (χ1) is 7.93. The predicted octanol–water partition coefficient (Wildman–Crippen LogP) is 2.38. The third-order valence-electron chi connectivity index (χ3n) is 3.42. The molecule has 1 rings (SSSR count). The maximum absolute atomic E-state index is 11.7. The molecule has 1 amide bonds. The molecular weight excluding hydrogens is 229 g/mol. The number of hydrogen-bond donors (Lipinski definition) is 1. The zero-order valence-corrected chi connectivity index (χ0v) is 12.7. The molecule has 0 aromatic heterocycles. The van der Waals surface area contributed by atoms with Crippen LogP contribution in [0.15, 0.2) is 0 Å². The van der Waals surface area contributed by atoms with Crippen molar-refractivity contribution in [1.82, 2.24) is 5.32 Å². The van der Waals surface area contributed by atoms with E-state index < -0.39 is 0 Å². The molecule has 0 radical (unpaired) electrons. The number of carbonyl (C=O) groups is 1. The van der Waals surface area contributed by atoms with Gasteiger partial charge in [-0.3, -0.25) is 4.79 Å². The number of amides is 1. The number of carbonyl (C=O) groups excluding carboxylic acids is 1. The van der Waals surface area contributed by atoms with Crippen LogP contribution in [0.5, 0.6) is 0 Å². The van der Waals surface area contributed by atoms with E-state index in [1.165, 1.54) is 0 Å². The lowest BCUT2D eigenvalue weighted by molar-refractivity contribution is -0.122. The van der Waals surface area contributed by atoms with Crippen LogP contribution in [0.4, 0.5) is 0 Å². The molecule has 1 aliphatic heterocycles. The van der Waals surface area contributed by atoms with Crippen molar-refractivity contribution in [2.45, 2.75) is 77.9 Å². The van der Waals surface area contributed by atoms with E-state index >= 15 is 0 Å². The van der Waals surface area contributed by atoms with Crippen molar-refractivity contribution in [2.24, 2.45) is 0 Å². The highest BCUT2D eigenvalue weighted by Crippen LogP contribution is 2.37. The minimum absolute atomic E-state index is 0.0391. The first kappa shape index (κ1) is 15.5. The standard InChI is InChI=1S/C13H26BNO3/c1-11(2,3)15-10(16)8-9-14-17-12(4,5)13(6,7)18-14/h8-9H2,1-7H3,(H,15,16). The quantitative estimate of drug-likeness (QED) is 0.787. The molecule has 0 aromatic rings. The predicted molar refractivity (Wildman–Crippen MR) is 73.4 cm³/mol. The minimum atomic E-state index is -0.321. The highest BCUT2D eigenvalue weighted by Gasteiger charge is 2.50. The summed E-state index contributed by atoms with van der Waals surface area (Å²) in [7, 11) is -0.291. The molecule has 0 spiro atoms. The van der Waals surface area contributed by atoms with Crippen LogP contribution < -0.4 is 5.32 Å². The minimum Gasteiger partial charge on any atom is -0.403 e. The first-order valence-corrected chi connectivity index (χ1v) is 6.60. The number of hydrogen-bond acceptors (Lipinski definition) is 3. The van der Waals surface area contributed by atoms with Crippen LogP contribution in [0, 0.1) is 0 Å². The second-order valence-electron chi connectivity index (χ2n) is 7.02. The largest absolute Gasteiger partial charge is 0.458 e. The third-order valence-corrected chi connectivity index (χ3v) is 3.42. The zero-order chi connectivity index (χ0) is 14.2. The molecule has 1 aliphatic rings. The van der Waals surface area contributed by atoms with Crippen LogP contribution in [0.1, 0.15) is 54.9 Å². The van der Waals surface area contributed by atoms with Crippen molar-refractivity contribution in [2.75, 3.05) is 0 Å². The second-order valence-corrected chi connectivity index (χ2v) is 7.02. The summed E-state index contributed by atoms with van der Waals surface area (Å²) in [6.45, 7) is 14.0. The first-order valence-electron chi connectivity index (χ1n) is 6.60. The fraction of sp³-hybridized carbons (Fsp3) is 0.923. The summed E-state index contributed by atoms with van der Waals surface area (Å²) in [5, 5.41) is 2.93. The van der Waals surface area contributed by atoms with Crippen LogP contribution >= 0.6 is 0 Å². The molecule has 0 aromatic carbocycles. The van der Waals surface area contributed by atoms with E-state index in [2.05, 4.69) is 5.32 Å². The van der Waals surface area contributed by atoms with E-state index in [1.807, 2.05) is 48.5 Å². The second kappa shape index (κ2) is 4.85. The van der Waals surface area contributed by atoms with Crippen LogP contribution in [-0.2, 0) is 14.1 Å². The van der Waals surface area contributed by atoms with Gasteiger partial charge in [0.1, 0.15) is 0 Å². The highest BCUT2D eigenvalue weighted by molar-refractivity contribution is 6.45. The summed E-state index contributed by atoms with van der Waals surface area (Å²) in [5.74, 6) is 0.0391. The molecule has 0 unspecified atom stereocenters. The number of nitrogens with one attached hydrogen (secondary N) is 1. The third kappa shape index (κ3) is 3.99. The Morgan fingerprint density at radius 2 is 1.56 bits per heavy atom. The maximum Gasteiger partial charge on any atom is 0.458 e. The molecule has 0 saturated carbocycles. The van der Waals surface area contributed by atoms with Gasteiger partial charge in [-0.05, 0) is 54.8 Å². The van der Waals surface area contributed by atoms with Crippen LogP contribution in [0.2, 0.25) is 6.32 Å². The van der Waals surface area contributed by atoms with E-state index in [4.69, 9.17) is 9.31 Å². The van der Waals surface area contributed by atoms with Gasteiger partial charge in [0.05, 0.1) is 11.2 Å². The van der Waals surface area contributed by atoms with Gasteiger partial charge in [0.2, 0.25) is 5.91 Å². The van der Waals surface area contributed by atoms with Gasteiger partial charge in [0, 0.05) is 12.0 Å². The topological polar surface area (TPSA) is 47.6 Å². The maximum atomic E-state index is 11.7. The normalized spacial score (nSPS) is 22.1. The molecule has 1 N–H and O–H groups in total. The van der Waals surface area contributed by atoms with Gasteiger partial charge in [-0.25, -0.2) is 0 Å². The lowest BCUT2D eigenvalue weighted by Crippen LogP contribution is -2.41. The lowest BCUT2D eigenvalue weighted by atomic mass is 9.83. The van der Waals surface area contributed by atoms with Crippen molar-refractivity contribution in [1.29, 1.82) is 0 Å². The molecule has 1 fully saturated rings. The van der Waals surface area contributed by atoms with Gasteiger partial charge in [-0.2, -0.15) is 0 Å². The van der Waals surface area contributed by atoms with E-state index in [9.17, 15) is 4.79 Å². The molecule has 5 heteroatoms. The summed E-state index contributed by atoms with van der Waals surface area (Å²) in [4.78, 5) is 11.7. The van der Waals surface area contributed by atoms with Crippen molar-refractivity contribution in [3.05, 3.63) is 0 Å². The Kier molecular flexibility index (Phi) is 4.18. The van der Waals surface area contributed by atoms with Gasteiger partial charge in [0.25, 0.3) is 0 Å². The molecule has 0 aliphatic carbocycles. The van der Waals surface area contributed by atoms with Crippen molar-refractivity contribution in [3.63, 3.8) is 0 Å². The Bertz CT molecular complexity index is 305. The van der Waals surface area contributed by atoms with Crippen molar-refractivity contribution >= 4 is 13.0 Å². The monoisotopic (exact) mass is 255 g/mol. The summed E-state index contributed by atoms with van der Waals surface area (Å²) in [6, 6.07) is 0. The summed E-state index contributed by atoms with van der Waals surface area (Å²) >= 11 is 0. The van der Waals surface area contributed by atoms with E-state index in [0.717, 1.165) is 0 Å². The molecular formula is C13H26BNO3. The lowest BCUT2D eigenvalue weighted by Gasteiger charge is -2.32. The van der Waals surface area contributed by atoms with Gasteiger partial charge < -0.3 is 14.6 Å². The van der Waals surface area contributed by atoms with Crippen LogP contribution in [-0.4, -0.2) is 29.8 Å².